The summed E-state index contributed by atoms with van der Waals surface area (Å²) in [5, 5.41) is 15.0. The molecule has 0 radical (unpaired) electrons. The van der Waals surface area contributed by atoms with Gasteiger partial charge in [0, 0.05) is 14.1 Å². The van der Waals surface area contributed by atoms with E-state index in [1.165, 1.54) is 12.8 Å². The van der Waals surface area contributed by atoms with Crippen LogP contribution in [0, 0.1) is 5.41 Å². The van der Waals surface area contributed by atoms with E-state index < -0.39 is 0 Å². The van der Waals surface area contributed by atoms with Gasteiger partial charge >= 0.3 is 0 Å². The molecule has 1 unspecified atom stereocenters. The van der Waals surface area contributed by atoms with E-state index >= 15 is 0 Å². The maximum absolute atomic E-state index is 4.29. The first-order valence-electron chi connectivity index (χ1n) is 5.86. The van der Waals surface area contributed by atoms with Gasteiger partial charge in [0.2, 0.25) is 5.95 Å². The molecule has 1 saturated heterocycles. The number of aromatic nitrogens is 3. The largest absolute Gasteiger partial charge is 0.357 e. The fourth-order valence-corrected chi connectivity index (χ4v) is 2.46. The Morgan fingerprint density at radius 3 is 2.75 bits per heavy atom. The van der Waals surface area contributed by atoms with E-state index in [2.05, 4.69) is 34.7 Å². The molecule has 2 heterocycles. The van der Waals surface area contributed by atoms with Gasteiger partial charge in [0.05, 0.1) is 6.04 Å². The molecule has 0 amide bonds. The molecule has 1 aromatic rings. The molecular weight excluding hydrogens is 202 g/mol. The Labute approximate surface area is 96.6 Å². The first kappa shape index (κ1) is 11.4. The van der Waals surface area contributed by atoms with Crippen LogP contribution in [0.1, 0.15) is 38.6 Å². The molecule has 5 heteroatoms. The maximum atomic E-state index is 4.29. The SMILES string of the molecule is CNc1nnc(C2NCCCC2(C)C)n1C. The quantitative estimate of drug-likeness (QED) is 0.793. The van der Waals surface area contributed by atoms with Gasteiger partial charge in [-0.3, -0.25) is 4.57 Å². The first-order valence-corrected chi connectivity index (χ1v) is 5.86. The van der Waals surface area contributed by atoms with E-state index in [4.69, 9.17) is 0 Å². The summed E-state index contributed by atoms with van der Waals surface area (Å²) in [4.78, 5) is 0. The van der Waals surface area contributed by atoms with Crippen LogP contribution in [0.3, 0.4) is 0 Å². The summed E-state index contributed by atoms with van der Waals surface area (Å²) in [7, 11) is 3.88. The van der Waals surface area contributed by atoms with Crippen LogP contribution in [0.4, 0.5) is 5.95 Å². The van der Waals surface area contributed by atoms with Crippen LogP contribution in [-0.2, 0) is 7.05 Å². The van der Waals surface area contributed by atoms with Gasteiger partial charge in [-0.15, -0.1) is 10.2 Å². The fourth-order valence-electron chi connectivity index (χ4n) is 2.46. The highest BCUT2D eigenvalue weighted by atomic mass is 15.4. The monoisotopic (exact) mass is 223 g/mol. The minimum Gasteiger partial charge on any atom is -0.357 e. The smallest absolute Gasteiger partial charge is 0.224 e. The first-order chi connectivity index (χ1) is 7.56. The Kier molecular flexibility index (Phi) is 2.88. The van der Waals surface area contributed by atoms with Crippen LogP contribution >= 0.6 is 0 Å². The van der Waals surface area contributed by atoms with E-state index in [1.807, 2.05) is 18.7 Å². The molecule has 0 aromatic carbocycles. The summed E-state index contributed by atoms with van der Waals surface area (Å²) in [5.41, 5.74) is 0.240. The van der Waals surface area contributed by atoms with Gasteiger partial charge in [0.15, 0.2) is 5.82 Å². The summed E-state index contributed by atoms with van der Waals surface area (Å²) in [6, 6.07) is 0.292. The van der Waals surface area contributed by atoms with Gasteiger partial charge < -0.3 is 10.6 Å². The van der Waals surface area contributed by atoms with Crippen molar-refractivity contribution >= 4 is 5.95 Å². The molecule has 2 N–H and O–H groups in total. The van der Waals surface area contributed by atoms with Crippen molar-refractivity contribution in [1.29, 1.82) is 0 Å². The van der Waals surface area contributed by atoms with Crippen molar-refractivity contribution < 1.29 is 0 Å². The lowest BCUT2D eigenvalue weighted by molar-refractivity contribution is 0.171. The standard InChI is InChI=1S/C11H21N5/c1-11(2)6-5-7-13-8(11)9-14-15-10(12-3)16(9)4/h8,13H,5-7H2,1-4H3,(H,12,15). The molecule has 0 saturated carbocycles. The Bertz CT molecular complexity index is 368. The van der Waals surface area contributed by atoms with E-state index in [9.17, 15) is 0 Å². The van der Waals surface area contributed by atoms with Gasteiger partial charge in [0.1, 0.15) is 0 Å². The second-order valence-electron chi connectivity index (χ2n) is 5.17. The van der Waals surface area contributed by atoms with Crippen LogP contribution in [-0.4, -0.2) is 28.4 Å². The number of anilines is 1. The summed E-state index contributed by atoms with van der Waals surface area (Å²) >= 11 is 0. The fraction of sp³-hybridized carbons (Fsp3) is 0.818. The molecule has 90 valence electrons. The third kappa shape index (κ3) is 1.80. The Morgan fingerprint density at radius 2 is 2.19 bits per heavy atom. The van der Waals surface area contributed by atoms with Crippen LogP contribution in [0.2, 0.25) is 0 Å². The highest BCUT2D eigenvalue weighted by Crippen LogP contribution is 2.39. The third-order valence-corrected chi connectivity index (χ3v) is 3.52. The van der Waals surface area contributed by atoms with Crippen LogP contribution in [0.25, 0.3) is 0 Å². The van der Waals surface area contributed by atoms with Crippen LogP contribution < -0.4 is 10.6 Å². The van der Waals surface area contributed by atoms with Crippen LogP contribution in [0.5, 0.6) is 0 Å². The lowest BCUT2D eigenvalue weighted by Crippen LogP contribution is -2.41. The molecule has 1 aliphatic heterocycles. The number of nitrogens with one attached hydrogen (secondary N) is 2. The van der Waals surface area contributed by atoms with Gasteiger partial charge in [0.25, 0.3) is 0 Å². The van der Waals surface area contributed by atoms with E-state index in [0.29, 0.717) is 6.04 Å². The Morgan fingerprint density at radius 1 is 1.44 bits per heavy atom. The number of piperidine rings is 1. The molecule has 1 atom stereocenters. The van der Waals surface area contributed by atoms with Crippen molar-refractivity contribution in [3.05, 3.63) is 5.82 Å². The third-order valence-electron chi connectivity index (χ3n) is 3.52. The number of hydrogen-bond donors (Lipinski definition) is 2. The normalized spacial score (nSPS) is 24.4. The van der Waals surface area contributed by atoms with E-state index in [-0.39, 0.29) is 5.41 Å². The Hall–Kier alpha value is -1.10. The van der Waals surface area contributed by atoms with Gasteiger partial charge in [-0.25, -0.2) is 0 Å². The number of rotatable bonds is 2. The average molecular weight is 223 g/mol. The highest BCUT2D eigenvalue weighted by Gasteiger charge is 2.36. The van der Waals surface area contributed by atoms with Gasteiger partial charge in [-0.05, 0) is 24.8 Å². The summed E-state index contributed by atoms with van der Waals surface area (Å²) < 4.78 is 2.03. The minimum atomic E-state index is 0.240. The second-order valence-corrected chi connectivity index (χ2v) is 5.17. The molecule has 2 rings (SSSR count). The molecule has 0 spiro atoms. The average Bonchev–Trinajstić information content (AvgIpc) is 2.59. The predicted molar refractivity (Wildman–Crippen MR) is 64.3 cm³/mol. The van der Waals surface area contributed by atoms with Crippen LogP contribution in [0.15, 0.2) is 0 Å². The summed E-state index contributed by atoms with van der Waals surface area (Å²) in [5.74, 6) is 1.84. The molecular formula is C11H21N5. The lowest BCUT2D eigenvalue weighted by atomic mass is 9.77. The van der Waals surface area contributed by atoms with Crippen molar-refractivity contribution in [2.75, 3.05) is 18.9 Å². The minimum absolute atomic E-state index is 0.240. The topological polar surface area (TPSA) is 54.8 Å². The summed E-state index contributed by atoms with van der Waals surface area (Å²) in [6.07, 6.45) is 2.46. The Balaban J connectivity index is 2.31. The van der Waals surface area contributed by atoms with Crippen molar-refractivity contribution in [2.24, 2.45) is 12.5 Å². The summed E-state index contributed by atoms with van der Waals surface area (Å²) in [6.45, 7) is 5.64. The van der Waals surface area contributed by atoms with Crippen molar-refractivity contribution in [3.8, 4) is 0 Å². The maximum Gasteiger partial charge on any atom is 0.224 e. The number of nitrogens with zero attached hydrogens (tertiary/aromatic N) is 3. The van der Waals surface area contributed by atoms with E-state index in [1.54, 1.807) is 0 Å². The van der Waals surface area contributed by atoms with Crippen molar-refractivity contribution in [1.82, 2.24) is 20.1 Å². The van der Waals surface area contributed by atoms with Crippen molar-refractivity contribution in [3.63, 3.8) is 0 Å². The van der Waals surface area contributed by atoms with E-state index in [0.717, 1.165) is 18.3 Å². The molecule has 0 bridgehead atoms. The molecule has 5 nitrogen and oxygen atoms in total. The zero-order valence-electron chi connectivity index (χ0n) is 10.5. The lowest BCUT2D eigenvalue weighted by Gasteiger charge is -2.38. The highest BCUT2D eigenvalue weighted by molar-refractivity contribution is 5.25. The van der Waals surface area contributed by atoms with Crippen molar-refractivity contribution in [2.45, 2.75) is 32.7 Å². The molecule has 1 aromatic heterocycles. The zero-order chi connectivity index (χ0) is 11.8. The predicted octanol–water partition coefficient (Wildman–Crippen LogP) is 1.31. The second kappa shape index (κ2) is 4.05. The molecule has 0 aliphatic carbocycles. The zero-order valence-corrected chi connectivity index (χ0v) is 10.5. The van der Waals surface area contributed by atoms with Gasteiger partial charge in [-0.1, -0.05) is 13.8 Å². The van der Waals surface area contributed by atoms with Gasteiger partial charge in [-0.2, -0.15) is 0 Å². The number of hydrogen-bond acceptors (Lipinski definition) is 4. The molecule has 16 heavy (non-hydrogen) atoms. The molecule has 1 fully saturated rings. The molecule has 1 aliphatic rings.